The Labute approximate surface area is 131 Å². The fourth-order valence-electron chi connectivity index (χ4n) is 2.85. The summed E-state index contributed by atoms with van der Waals surface area (Å²) >= 11 is 3.71. The van der Waals surface area contributed by atoms with Gasteiger partial charge in [0.05, 0.1) is 13.2 Å². The quantitative estimate of drug-likeness (QED) is 0.523. The van der Waals surface area contributed by atoms with Gasteiger partial charge >= 0.3 is 0 Å². The molecule has 1 fully saturated rings. The number of alkyl halides is 1. The van der Waals surface area contributed by atoms with Crippen LogP contribution in [0.1, 0.15) is 45.4 Å². The van der Waals surface area contributed by atoms with Gasteiger partial charge in [0.15, 0.2) is 0 Å². The lowest BCUT2D eigenvalue weighted by molar-refractivity contribution is 0.149. The molecule has 1 aliphatic carbocycles. The second-order valence-electron chi connectivity index (χ2n) is 5.74. The second-order valence-corrected chi connectivity index (χ2v) is 6.31. The molecule has 1 aromatic rings. The lowest BCUT2D eigenvalue weighted by Gasteiger charge is -2.30. The Kier molecular flexibility index (Phi) is 6.21. The van der Waals surface area contributed by atoms with E-state index in [9.17, 15) is 0 Å². The highest BCUT2D eigenvalue weighted by Crippen LogP contribution is 2.37. The number of benzene rings is 1. The van der Waals surface area contributed by atoms with Gasteiger partial charge in [-0.1, -0.05) is 47.7 Å². The lowest BCUT2D eigenvalue weighted by atomic mass is 9.83. The summed E-state index contributed by atoms with van der Waals surface area (Å²) in [6.45, 7) is 3.49. The Morgan fingerprint density at radius 3 is 2.30 bits per heavy atom. The number of halogens is 1. The van der Waals surface area contributed by atoms with Crippen molar-refractivity contribution in [2.75, 3.05) is 18.5 Å². The summed E-state index contributed by atoms with van der Waals surface area (Å²) in [7, 11) is 0. The van der Waals surface area contributed by atoms with Crippen LogP contribution in [0.25, 0.3) is 0 Å². The monoisotopic (exact) mass is 340 g/mol. The highest BCUT2D eigenvalue weighted by molar-refractivity contribution is 9.09. The largest absolute Gasteiger partial charge is 0.494 e. The van der Waals surface area contributed by atoms with Crippen molar-refractivity contribution >= 4 is 15.9 Å². The van der Waals surface area contributed by atoms with Crippen LogP contribution in [0.4, 0.5) is 0 Å². The summed E-state index contributed by atoms with van der Waals surface area (Å²) in [5.41, 5.74) is 0.304. The molecule has 0 atom stereocenters. The summed E-state index contributed by atoms with van der Waals surface area (Å²) in [5.74, 6) is 1.80. The highest BCUT2D eigenvalue weighted by atomic mass is 79.9. The third-order valence-corrected chi connectivity index (χ3v) is 5.30. The van der Waals surface area contributed by atoms with Crippen molar-refractivity contribution in [2.45, 2.75) is 45.4 Å². The van der Waals surface area contributed by atoms with Crippen molar-refractivity contribution < 1.29 is 9.47 Å². The van der Waals surface area contributed by atoms with Gasteiger partial charge in [-0.25, -0.2) is 0 Å². The van der Waals surface area contributed by atoms with Crippen LogP contribution in [0.5, 0.6) is 11.5 Å². The molecule has 3 heteroatoms. The molecule has 2 nitrogen and oxygen atoms in total. The maximum Gasteiger partial charge on any atom is 0.123 e. The minimum absolute atomic E-state index is 0.304. The Balaban J connectivity index is 1.96. The molecule has 20 heavy (non-hydrogen) atoms. The third kappa shape index (κ3) is 4.41. The summed E-state index contributed by atoms with van der Waals surface area (Å²) in [4.78, 5) is 0. The van der Waals surface area contributed by atoms with Gasteiger partial charge in [0.2, 0.25) is 0 Å². The van der Waals surface area contributed by atoms with Crippen molar-refractivity contribution in [3.8, 4) is 11.5 Å². The number of ether oxygens (including phenoxy) is 2. The Morgan fingerprint density at radius 2 is 1.70 bits per heavy atom. The van der Waals surface area contributed by atoms with Gasteiger partial charge in [-0.15, -0.1) is 0 Å². The predicted molar refractivity (Wildman–Crippen MR) is 87.0 cm³/mol. The molecule has 0 amide bonds. The highest BCUT2D eigenvalue weighted by Gasteiger charge is 2.30. The maximum absolute atomic E-state index is 6.07. The SMILES string of the molecule is CCOc1cccc(OCC2(CBr)CCCCCC2)c1. The standard InChI is InChI=1S/C17H25BrO2/c1-2-19-15-8-7-9-16(12-15)20-14-17(13-18)10-5-3-4-6-11-17/h7-9,12H,2-6,10-11,13-14H2,1H3. The molecule has 1 aliphatic rings. The van der Waals surface area contributed by atoms with Crippen LogP contribution in [0, 0.1) is 5.41 Å². The molecule has 1 aromatic carbocycles. The average molecular weight is 341 g/mol. The van der Waals surface area contributed by atoms with E-state index < -0.39 is 0 Å². The molecule has 0 aliphatic heterocycles. The van der Waals surface area contributed by atoms with Crippen LogP contribution in [0.15, 0.2) is 24.3 Å². The van der Waals surface area contributed by atoms with Crippen LogP contribution < -0.4 is 9.47 Å². The summed E-state index contributed by atoms with van der Waals surface area (Å²) in [5, 5.41) is 1.03. The fraction of sp³-hybridized carbons (Fsp3) is 0.647. The maximum atomic E-state index is 6.07. The number of rotatable bonds is 6. The van der Waals surface area contributed by atoms with E-state index in [0.717, 1.165) is 23.4 Å². The summed E-state index contributed by atoms with van der Waals surface area (Å²) < 4.78 is 11.6. The van der Waals surface area contributed by atoms with E-state index in [2.05, 4.69) is 15.9 Å². The number of hydrogen-bond acceptors (Lipinski definition) is 2. The van der Waals surface area contributed by atoms with Crippen molar-refractivity contribution in [3.05, 3.63) is 24.3 Å². The van der Waals surface area contributed by atoms with Gasteiger partial charge in [-0.2, -0.15) is 0 Å². The normalized spacial score (nSPS) is 18.3. The molecule has 2 rings (SSSR count). The zero-order chi connectivity index (χ0) is 14.3. The molecule has 0 bridgehead atoms. The summed E-state index contributed by atoms with van der Waals surface area (Å²) in [6, 6.07) is 7.97. The van der Waals surface area contributed by atoms with Crippen LogP contribution in [0.3, 0.4) is 0 Å². The van der Waals surface area contributed by atoms with Gasteiger partial charge in [0.25, 0.3) is 0 Å². The topological polar surface area (TPSA) is 18.5 Å². The smallest absolute Gasteiger partial charge is 0.123 e. The molecule has 0 heterocycles. The first-order valence-electron chi connectivity index (χ1n) is 7.70. The van der Waals surface area contributed by atoms with E-state index in [0.29, 0.717) is 12.0 Å². The predicted octanol–water partition coefficient (Wildman–Crippen LogP) is 5.20. The molecular formula is C17H25BrO2. The molecule has 0 radical (unpaired) electrons. The van der Waals surface area contributed by atoms with Gasteiger partial charge in [0, 0.05) is 16.8 Å². The van der Waals surface area contributed by atoms with Crippen LogP contribution >= 0.6 is 15.9 Å². The van der Waals surface area contributed by atoms with Crippen LogP contribution in [-0.2, 0) is 0 Å². The second kappa shape index (κ2) is 7.92. The van der Waals surface area contributed by atoms with E-state index in [4.69, 9.17) is 9.47 Å². The molecule has 1 saturated carbocycles. The first-order valence-corrected chi connectivity index (χ1v) is 8.82. The minimum Gasteiger partial charge on any atom is -0.494 e. The average Bonchev–Trinajstić information content (AvgIpc) is 2.72. The molecule has 112 valence electrons. The van der Waals surface area contributed by atoms with Crippen LogP contribution in [0.2, 0.25) is 0 Å². The van der Waals surface area contributed by atoms with E-state index in [1.807, 2.05) is 31.2 Å². The van der Waals surface area contributed by atoms with Crippen molar-refractivity contribution in [1.82, 2.24) is 0 Å². The van der Waals surface area contributed by atoms with Crippen molar-refractivity contribution in [1.29, 1.82) is 0 Å². The van der Waals surface area contributed by atoms with Gasteiger partial charge < -0.3 is 9.47 Å². The third-order valence-electron chi connectivity index (χ3n) is 4.11. The van der Waals surface area contributed by atoms with E-state index in [1.54, 1.807) is 0 Å². The zero-order valence-corrected chi connectivity index (χ0v) is 14.0. The molecule has 0 saturated heterocycles. The minimum atomic E-state index is 0.304. The molecule has 0 N–H and O–H groups in total. The fourth-order valence-corrected chi connectivity index (χ4v) is 3.57. The van der Waals surface area contributed by atoms with E-state index in [1.165, 1.54) is 38.5 Å². The van der Waals surface area contributed by atoms with E-state index in [-0.39, 0.29) is 0 Å². The zero-order valence-electron chi connectivity index (χ0n) is 12.4. The van der Waals surface area contributed by atoms with Gasteiger partial charge in [-0.05, 0) is 31.9 Å². The van der Waals surface area contributed by atoms with Crippen molar-refractivity contribution in [2.24, 2.45) is 5.41 Å². The molecule has 0 aromatic heterocycles. The Hall–Kier alpha value is -0.700. The molecular weight excluding hydrogens is 316 g/mol. The summed E-state index contributed by atoms with van der Waals surface area (Å²) in [6.07, 6.45) is 7.93. The van der Waals surface area contributed by atoms with Gasteiger partial charge in [-0.3, -0.25) is 0 Å². The first kappa shape index (κ1) is 15.7. The van der Waals surface area contributed by atoms with Gasteiger partial charge in [0.1, 0.15) is 11.5 Å². The molecule has 0 unspecified atom stereocenters. The Morgan fingerprint density at radius 1 is 1.05 bits per heavy atom. The Bertz CT molecular complexity index is 398. The van der Waals surface area contributed by atoms with E-state index >= 15 is 0 Å². The number of hydrogen-bond donors (Lipinski definition) is 0. The van der Waals surface area contributed by atoms with Crippen molar-refractivity contribution in [3.63, 3.8) is 0 Å². The lowest BCUT2D eigenvalue weighted by Crippen LogP contribution is -2.29. The first-order chi connectivity index (χ1) is 9.78. The van der Waals surface area contributed by atoms with Crippen LogP contribution in [-0.4, -0.2) is 18.5 Å². The molecule has 0 spiro atoms.